The molecule has 0 unspecified atom stereocenters. The standard InChI is InChI=1S/C14H22O2/c1-4-13-5-7-14(9-13,8-6-13)10-16-12(15)11(2)3/h2,4-10H2,1,3H3. The minimum Gasteiger partial charge on any atom is -0.462 e. The van der Waals surface area contributed by atoms with Crippen molar-refractivity contribution in [2.24, 2.45) is 10.8 Å². The minimum absolute atomic E-state index is 0.227. The molecule has 2 bridgehead atoms. The van der Waals surface area contributed by atoms with Crippen LogP contribution in [-0.2, 0) is 9.53 Å². The van der Waals surface area contributed by atoms with Crippen molar-refractivity contribution in [1.82, 2.24) is 0 Å². The van der Waals surface area contributed by atoms with Gasteiger partial charge in [-0.05, 0) is 44.4 Å². The van der Waals surface area contributed by atoms with Crippen LogP contribution in [0.2, 0.25) is 0 Å². The summed E-state index contributed by atoms with van der Waals surface area (Å²) in [7, 11) is 0. The Morgan fingerprint density at radius 1 is 1.25 bits per heavy atom. The van der Waals surface area contributed by atoms with Gasteiger partial charge in [-0.25, -0.2) is 4.79 Å². The van der Waals surface area contributed by atoms with Crippen LogP contribution in [0.4, 0.5) is 0 Å². The Hall–Kier alpha value is -0.790. The summed E-state index contributed by atoms with van der Waals surface area (Å²) in [6.07, 6.45) is 7.68. The number of ether oxygens (including phenoxy) is 1. The molecule has 0 aromatic rings. The SMILES string of the molecule is C=C(C)C(=O)OCC12CCC(CC)(CC1)C2. The fraction of sp³-hybridized carbons (Fsp3) is 0.786. The van der Waals surface area contributed by atoms with Crippen molar-refractivity contribution in [3.63, 3.8) is 0 Å². The Bertz CT molecular complexity index is 309. The first-order chi connectivity index (χ1) is 7.51. The Morgan fingerprint density at radius 2 is 1.81 bits per heavy atom. The van der Waals surface area contributed by atoms with Crippen LogP contribution < -0.4 is 0 Å². The summed E-state index contributed by atoms with van der Waals surface area (Å²) in [5, 5.41) is 0. The third kappa shape index (κ3) is 1.90. The number of rotatable bonds is 4. The molecule has 2 rings (SSSR count). The lowest BCUT2D eigenvalue weighted by molar-refractivity contribution is -0.142. The number of carbonyl (C=O) groups is 1. The van der Waals surface area contributed by atoms with E-state index in [-0.39, 0.29) is 5.97 Å². The molecule has 2 aliphatic rings. The van der Waals surface area contributed by atoms with Gasteiger partial charge in [0.25, 0.3) is 0 Å². The topological polar surface area (TPSA) is 26.3 Å². The fourth-order valence-corrected chi connectivity index (χ4v) is 3.48. The first-order valence-corrected chi connectivity index (χ1v) is 6.34. The third-order valence-electron chi connectivity index (χ3n) is 4.73. The monoisotopic (exact) mass is 222 g/mol. The molecule has 0 radical (unpaired) electrons. The van der Waals surface area contributed by atoms with E-state index in [9.17, 15) is 4.79 Å². The quantitative estimate of drug-likeness (QED) is 0.538. The number of hydrogen-bond donors (Lipinski definition) is 0. The van der Waals surface area contributed by atoms with E-state index < -0.39 is 0 Å². The molecule has 90 valence electrons. The zero-order chi connectivity index (χ0) is 11.8. The average molecular weight is 222 g/mol. The van der Waals surface area contributed by atoms with Crippen LogP contribution in [0.5, 0.6) is 0 Å². The highest BCUT2D eigenvalue weighted by Gasteiger charge is 2.53. The van der Waals surface area contributed by atoms with Crippen molar-refractivity contribution in [2.75, 3.05) is 6.61 Å². The van der Waals surface area contributed by atoms with Crippen molar-refractivity contribution in [3.8, 4) is 0 Å². The van der Waals surface area contributed by atoms with Gasteiger partial charge in [0.2, 0.25) is 0 Å². The molecule has 2 saturated carbocycles. The van der Waals surface area contributed by atoms with E-state index in [1.165, 1.54) is 38.5 Å². The van der Waals surface area contributed by atoms with Crippen molar-refractivity contribution in [3.05, 3.63) is 12.2 Å². The molecule has 2 fully saturated rings. The van der Waals surface area contributed by atoms with Gasteiger partial charge in [0.05, 0.1) is 6.61 Å². The van der Waals surface area contributed by atoms with Crippen LogP contribution in [0.25, 0.3) is 0 Å². The second-order valence-corrected chi connectivity index (χ2v) is 5.89. The number of esters is 1. The Labute approximate surface area is 98.1 Å². The predicted octanol–water partition coefficient (Wildman–Crippen LogP) is 3.47. The number of fused-ring (bicyclic) bond motifs is 2. The summed E-state index contributed by atoms with van der Waals surface area (Å²) in [5.41, 5.74) is 1.39. The smallest absolute Gasteiger partial charge is 0.333 e. The number of carbonyl (C=O) groups excluding carboxylic acids is 1. The lowest BCUT2D eigenvalue weighted by atomic mass is 9.81. The minimum atomic E-state index is -0.227. The summed E-state index contributed by atoms with van der Waals surface area (Å²) in [4.78, 5) is 11.4. The molecule has 0 aromatic carbocycles. The van der Waals surface area contributed by atoms with E-state index in [4.69, 9.17) is 4.74 Å². The summed E-state index contributed by atoms with van der Waals surface area (Å²) in [6.45, 7) is 8.23. The van der Waals surface area contributed by atoms with Crippen molar-refractivity contribution in [1.29, 1.82) is 0 Å². The van der Waals surface area contributed by atoms with E-state index in [1.54, 1.807) is 6.92 Å². The molecule has 0 saturated heterocycles. The predicted molar refractivity (Wildman–Crippen MR) is 64.0 cm³/mol. The highest BCUT2D eigenvalue weighted by atomic mass is 16.5. The van der Waals surface area contributed by atoms with E-state index in [2.05, 4.69) is 13.5 Å². The van der Waals surface area contributed by atoms with Crippen LogP contribution in [0.1, 0.15) is 52.4 Å². The van der Waals surface area contributed by atoms with Crippen LogP contribution >= 0.6 is 0 Å². The Balaban J connectivity index is 1.92. The molecule has 0 aliphatic heterocycles. The Morgan fingerprint density at radius 3 is 2.25 bits per heavy atom. The highest BCUT2D eigenvalue weighted by Crippen LogP contribution is 2.62. The lowest BCUT2D eigenvalue weighted by Crippen LogP contribution is -2.23. The first-order valence-electron chi connectivity index (χ1n) is 6.34. The molecule has 2 nitrogen and oxygen atoms in total. The van der Waals surface area contributed by atoms with Crippen LogP contribution in [-0.4, -0.2) is 12.6 Å². The highest BCUT2D eigenvalue weighted by molar-refractivity contribution is 5.86. The molecule has 0 atom stereocenters. The van der Waals surface area contributed by atoms with E-state index in [0.29, 0.717) is 23.0 Å². The van der Waals surface area contributed by atoms with Gasteiger partial charge in [-0.1, -0.05) is 19.9 Å². The molecule has 0 spiro atoms. The summed E-state index contributed by atoms with van der Waals surface area (Å²) in [5.74, 6) is -0.227. The van der Waals surface area contributed by atoms with Crippen LogP contribution in [0.15, 0.2) is 12.2 Å². The van der Waals surface area contributed by atoms with Crippen LogP contribution in [0.3, 0.4) is 0 Å². The van der Waals surface area contributed by atoms with Crippen LogP contribution in [0, 0.1) is 10.8 Å². The maximum Gasteiger partial charge on any atom is 0.333 e. The van der Waals surface area contributed by atoms with Gasteiger partial charge in [0.1, 0.15) is 0 Å². The molecule has 2 heteroatoms. The average Bonchev–Trinajstić information content (AvgIpc) is 2.82. The van der Waals surface area contributed by atoms with Gasteiger partial charge in [-0.15, -0.1) is 0 Å². The van der Waals surface area contributed by atoms with Crippen molar-refractivity contribution < 1.29 is 9.53 Å². The van der Waals surface area contributed by atoms with Gasteiger partial charge >= 0.3 is 5.97 Å². The Kier molecular flexibility index (Phi) is 2.85. The molecular formula is C14H22O2. The largest absolute Gasteiger partial charge is 0.462 e. The van der Waals surface area contributed by atoms with Gasteiger partial charge in [-0.2, -0.15) is 0 Å². The van der Waals surface area contributed by atoms with E-state index >= 15 is 0 Å². The van der Waals surface area contributed by atoms with E-state index in [1.807, 2.05) is 0 Å². The van der Waals surface area contributed by atoms with Gasteiger partial charge in [-0.3, -0.25) is 0 Å². The van der Waals surface area contributed by atoms with Gasteiger partial charge in [0, 0.05) is 11.0 Å². The molecule has 0 amide bonds. The second kappa shape index (κ2) is 3.90. The second-order valence-electron chi connectivity index (χ2n) is 5.89. The normalized spacial score (nSPS) is 36.4. The summed E-state index contributed by atoms with van der Waals surface area (Å²) in [6, 6.07) is 0. The van der Waals surface area contributed by atoms with E-state index in [0.717, 1.165) is 0 Å². The zero-order valence-corrected chi connectivity index (χ0v) is 10.5. The number of hydrogen-bond acceptors (Lipinski definition) is 2. The molecule has 0 N–H and O–H groups in total. The lowest BCUT2D eigenvalue weighted by Gasteiger charge is -2.26. The van der Waals surface area contributed by atoms with Crippen molar-refractivity contribution in [2.45, 2.75) is 52.4 Å². The van der Waals surface area contributed by atoms with Crippen molar-refractivity contribution >= 4 is 5.97 Å². The van der Waals surface area contributed by atoms with Gasteiger partial charge < -0.3 is 4.74 Å². The summed E-state index contributed by atoms with van der Waals surface area (Å²) < 4.78 is 5.36. The fourth-order valence-electron chi connectivity index (χ4n) is 3.48. The molecular weight excluding hydrogens is 200 g/mol. The zero-order valence-electron chi connectivity index (χ0n) is 10.5. The maximum absolute atomic E-state index is 11.4. The summed E-state index contributed by atoms with van der Waals surface area (Å²) >= 11 is 0. The van der Waals surface area contributed by atoms with Gasteiger partial charge in [0.15, 0.2) is 0 Å². The third-order valence-corrected chi connectivity index (χ3v) is 4.73. The first kappa shape index (κ1) is 11.7. The molecule has 0 heterocycles. The maximum atomic E-state index is 11.4. The molecule has 2 aliphatic carbocycles. The molecule has 0 aromatic heterocycles. The molecule has 16 heavy (non-hydrogen) atoms.